The second kappa shape index (κ2) is 3.27. The smallest absolute Gasteiger partial charge is 0.0104 e. The van der Waals surface area contributed by atoms with Crippen LogP contribution in [0.5, 0.6) is 0 Å². The molecule has 1 spiro atoms. The normalized spacial score (nSPS) is 31.8. The predicted molar refractivity (Wildman–Crippen MR) is 56.8 cm³/mol. The summed E-state index contributed by atoms with van der Waals surface area (Å²) in [5.41, 5.74) is 0.796. The molecule has 0 radical (unpaired) electrons. The van der Waals surface area contributed by atoms with Crippen LogP contribution < -0.4 is 0 Å². The Morgan fingerprint density at radius 3 is 2.54 bits per heavy atom. The molecule has 2 fully saturated rings. The summed E-state index contributed by atoms with van der Waals surface area (Å²) in [6, 6.07) is 1.67. The van der Waals surface area contributed by atoms with Crippen molar-refractivity contribution in [2.75, 3.05) is 6.54 Å². The van der Waals surface area contributed by atoms with Gasteiger partial charge in [0.1, 0.15) is 0 Å². The van der Waals surface area contributed by atoms with E-state index < -0.39 is 0 Å². The van der Waals surface area contributed by atoms with Crippen molar-refractivity contribution in [1.29, 1.82) is 0 Å². The highest BCUT2D eigenvalue weighted by Gasteiger charge is 2.51. The van der Waals surface area contributed by atoms with Gasteiger partial charge in [0.25, 0.3) is 0 Å². The second-order valence-corrected chi connectivity index (χ2v) is 5.41. The number of nitrogens with zero attached hydrogens (tertiary/aromatic N) is 1. The first-order valence-electron chi connectivity index (χ1n) is 5.93. The van der Waals surface area contributed by atoms with Crippen molar-refractivity contribution in [3.05, 3.63) is 0 Å². The Balaban J connectivity index is 1.98. The molecule has 2 rings (SSSR count). The van der Waals surface area contributed by atoms with Crippen LogP contribution in [0.3, 0.4) is 0 Å². The third kappa shape index (κ3) is 1.76. The fourth-order valence-electron chi connectivity index (χ4n) is 2.94. The molecule has 13 heavy (non-hydrogen) atoms. The van der Waals surface area contributed by atoms with Crippen LogP contribution in [0.2, 0.25) is 0 Å². The molecule has 1 atom stereocenters. The van der Waals surface area contributed by atoms with E-state index in [2.05, 4.69) is 25.7 Å². The number of hydrogen-bond acceptors (Lipinski definition) is 1. The molecule has 76 valence electrons. The van der Waals surface area contributed by atoms with Crippen LogP contribution in [0, 0.1) is 5.41 Å². The minimum Gasteiger partial charge on any atom is -0.297 e. The van der Waals surface area contributed by atoms with E-state index >= 15 is 0 Å². The van der Waals surface area contributed by atoms with Crippen molar-refractivity contribution >= 4 is 0 Å². The van der Waals surface area contributed by atoms with Crippen molar-refractivity contribution in [3.8, 4) is 0 Å². The van der Waals surface area contributed by atoms with E-state index in [-0.39, 0.29) is 0 Å². The van der Waals surface area contributed by atoms with Crippen LogP contribution in [0.25, 0.3) is 0 Å². The first kappa shape index (κ1) is 9.51. The van der Waals surface area contributed by atoms with Gasteiger partial charge in [-0.3, -0.25) is 4.90 Å². The summed E-state index contributed by atoms with van der Waals surface area (Å²) in [6.45, 7) is 8.42. The third-order valence-corrected chi connectivity index (χ3v) is 3.90. The standard InChI is InChI=1S/C12H23N/c1-4-5-11-8-12(6-7-12)9-13(11)10(2)3/h10-11H,4-9H2,1-3H3. The van der Waals surface area contributed by atoms with Crippen molar-refractivity contribution < 1.29 is 0 Å². The Kier molecular flexibility index (Phi) is 2.39. The Bertz CT molecular complexity index is 182. The van der Waals surface area contributed by atoms with Gasteiger partial charge in [0, 0.05) is 18.6 Å². The minimum atomic E-state index is 0.761. The summed E-state index contributed by atoms with van der Waals surface area (Å²) < 4.78 is 0. The summed E-state index contributed by atoms with van der Waals surface area (Å²) in [4.78, 5) is 2.75. The number of hydrogen-bond donors (Lipinski definition) is 0. The zero-order valence-corrected chi connectivity index (χ0v) is 9.34. The molecular weight excluding hydrogens is 158 g/mol. The molecule has 2 aliphatic rings. The quantitative estimate of drug-likeness (QED) is 0.647. The first-order valence-corrected chi connectivity index (χ1v) is 5.93. The molecule has 1 aliphatic carbocycles. The lowest BCUT2D eigenvalue weighted by Gasteiger charge is -2.27. The lowest BCUT2D eigenvalue weighted by atomic mass is 10.0. The molecular formula is C12H23N. The summed E-state index contributed by atoms with van der Waals surface area (Å²) in [5.74, 6) is 0. The van der Waals surface area contributed by atoms with Gasteiger partial charge < -0.3 is 0 Å². The summed E-state index contributed by atoms with van der Waals surface area (Å²) in [7, 11) is 0. The predicted octanol–water partition coefficient (Wildman–Crippen LogP) is 3.05. The average Bonchev–Trinajstić information content (AvgIpc) is 2.69. The highest BCUT2D eigenvalue weighted by atomic mass is 15.2. The number of likely N-dealkylation sites (tertiary alicyclic amines) is 1. The molecule has 0 N–H and O–H groups in total. The van der Waals surface area contributed by atoms with E-state index in [4.69, 9.17) is 0 Å². The van der Waals surface area contributed by atoms with E-state index in [1.165, 1.54) is 38.6 Å². The van der Waals surface area contributed by atoms with Crippen LogP contribution in [0.15, 0.2) is 0 Å². The van der Waals surface area contributed by atoms with E-state index in [0.717, 1.165) is 17.5 Å². The van der Waals surface area contributed by atoms with Gasteiger partial charge in [-0.25, -0.2) is 0 Å². The van der Waals surface area contributed by atoms with Crippen LogP contribution in [0.1, 0.15) is 52.9 Å². The summed E-state index contributed by atoms with van der Waals surface area (Å²) in [6.07, 6.45) is 7.29. The van der Waals surface area contributed by atoms with Crippen LogP contribution >= 0.6 is 0 Å². The SMILES string of the molecule is CCCC1CC2(CC2)CN1C(C)C. The fraction of sp³-hybridized carbons (Fsp3) is 1.00. The van der Waals surface area contributed by atoms with Crippen molar-refractivity contribution in [3.63, 3.8) is 0 Å². The first-order chi connectivity index (χ1) is 6.17. The van der Waals surface area contributed by atoms with Gasteiger partial charge in [-0.1, -0.05) is 13.3 Å². The topological polar surface area (TPSA) is 3.24 Å². The van der Waals surface area contributed by atoms with Gasteiger partial charge in [0.2, 0.25) is 0 Å². The number of rotatable bonds is 3. The molecule has 1 heteroatoms. The van der Waals surface area contributed by atoms with Crippen LogP contribution in [0.4, 0.5) is 0 Å². The Labute approximate surface area is 82.5 Å². The van der Waals surface area contributed by atoms with Gasteiger partial charge in [-0.15, -0.1) is 0 Å². The van der Waals surface area contributed by atoms with Gasteiger partial charge in [0.15, 0.2) is 0 Å². The molecule has 1 saturated heterocycles. The molecule has 1 saturated carbocycles. The zero-order chi connectivity index (χ0) is 9.47. The summed E-state index contributed by atoms with van der Waals surface area (Å²) in [5, 5.41) is 0. The molecule has 0 amide bonds. The van der Waals surface area contributed by atoms with Crippen molar-refractivity contribution in [1.82, 2.24) is 4.90 Å². The Morgan fingerprint density at radius 2 is 2.08 bits per heavy atom. The zero-order valence-electron chi connectivity index (χ0n) is 9.34. The maximum atomic E-state index is 2.75. The monoisotopic (exact) mass is 181 g/mol. The average molecular weight is 181 g/mol. The Morgan fingerprint density at radius 1 is 1.38 bits per heavy atom. The van der Waals surface area contributed by atoms with Gasteiger partial charge in [0.05, 0.1) is 0 Å². The van der Waals surface area contributed by atoms with E-state index in [0.29, 0.717) is 0 Å². The Hall–Kier alpha value is -0.0400. The molecule has 1 nitrogen and oxygen atoms in total. The fourth-order valence-corrected chi connectivity index (χ4v) is 2.94. The molecule has 0 bridgehead atoms. The van der Waals surface area contributed by atoms with Crippen molar-refractivity contribution in [2.45, 2.75) is 65.0 Å². The van der Waals surface area contributed by atoms with Crippen LogP contribution in [-0.4, -0.2) is 23.5 Å². The van der Waals surface area contributed by atoms with Gasteiger partial charge in [-0.05, 0) is 44.9 Å². The van der Waals surface area contributed by atoms with E-state index in [1.54, 1.807) is 0 Å². The second-order valence-electron chi connectivity index (χ2n) is 5.41. The minimum absolute atomic E-state index is 0.761. The lowest BCUT2D eigenvalue weighted by Crippen LogP contribution is -2.35. The highest BCUT2D eigenvalue weighted by Crippen LogP contribution is 2.55. The van der Waals surface area contributed by atoms with E-state index in [9.17, 15) is 0 Å². The van der Waals surface area contributed by atoms with Gasteiger partial charge >= 0.3 is 0 Å². The summed E-state index contributed by atoms with van der Waals surface area (Å²) >= 11 is 0. The molecule has 0 aromatic carbocycles. The van der Waals surface area contributed by atoms with Gasteiger partial charge in [-0.2, -0.15) is 0 Å². The molecule has 1 unspecified atom stereocenters. The molecule has 0 aromatic heterocycles. The maximum absolute atomic E-state index is 2.75. The largest absolute Gasteiger partial charge is 0.297 e. The van der Waals surface area contributed by atoms with E-state index in [1.807, 2.05) is 0 Å². The third-order valence-electron chi connectivity index (χ3n) is 3.90. The molecule has 0 aromatic rings. The molecule has 1 aliphatic heterocycles. The van der Waals surface area contributed by atoms with Crippen LogP contribution in [-0.2, 0) is 0 Å². The molecule has 1 heterocycles. The van der Waals surface area contributed by atoms with Crippen molar-refractivity contribution in [2.24, 2.45) is 5.41 Å². The maximum Gasteiger partial charge on any atom is 0.0104 e. The highest BCUT2D eigenvalue weighted by molar-refractivity contribution is 5.04. The lowest BCUT2D eigenvalue weighted by molar-refractivity contribution is 0.190.